The maximum Gasteiger partial charge on any atom is 0.416 e. The second-order valence-electron chi connectivity index (χ2n) is 5.26. The van der Waals surface area contributed by atoms with Crippen LogP contribution in [0.25, 0.3) is 0 Å². The summed E-state index contributed by atoms with van der Waals surface area (Å²) in [5.74, 6) is 2.98. The summed E-state index contributed by atoms with van der Waals surface area (Å²) < 4.78 is 90.0. The molecule has 0 radical (unpaired) electrons. The number of amides is 1. The number of rotatable bonds is 2. The van der Waals surface area contributed by atoms with Crippen molar-refractivity contribution in [2.24, 2.45) is 0 Å². The summed E-state index contributed by atoms with van der Waals surface area (Å²) in [6.45, 7) is -0.398. The Balaban J connectivity index is 2.20. The molecule has 2 aromatic carbocycles. The average molecular weight is 389 g/mol. The first-order valence-corrected chi connectivity index (χ1v) is 7.29. The maximum absolute atomic E-state index is 13.3. The summed E-state index contributed by atoms with van der Waals surface area (Å²) in [5, 5.41) is 2.08. The highest BCUT2D eigenvalue weighted by Crippen LogP contribution is 2.36. The number of alkyl halides is 6. The minimum atomic E-state index is -5.05. The molecule has 27 heavy (non-hydrogen) atoms. The molecule has 0 saturated heterocycles. The second kappa shape index (κ2) is 7.70. The quantitative estimate of drug-likeness (QED) is 0.588. The minimum absolute atomic E-state index is 0.0326. The molecule has 0 saturated carbocycles. The van der Waals surface area contributed by atoms with Crippen LogP contribution in [0.2, 0.25) is 0 Å². The van der Waals surface area contributed by atoms with Gasteiger partial charge in [-0.1, -0.05) is 24.0 Å². The zero-order chi connectivity index (χ0) is 20.2. The molecule has 0 aliphatic carbocycles. The SMILES string of the molecule is O=C(NCC#Cc1ccccc1F)c1cc(C(F)(F)F)cc(C(F)(F)F)c1. The van der Waals surface area contributed by atoms with Crippen molar-refractivity contribution in [1.29, 1.82) is 0 Å². The van der Waals surface area contributed by atoms with Crippen molar-refractivity contribution in [2.45, 2.75) is 12.4 Å². The van der Waals surface area contributed by atoms with Crippen LogP contribution in [0.4, 0.5) is 30.7 Å². The molecule has 2 rings (SSSR count). The van der Waals surface area contributed by atoms with Crippen molar-refractivity contribution in [2.75, 3.05) is 6.54 Å². The molecule has 142 valence electrons. The van der Waals surface area contributed by atoms with Gasteiger partial charge in [-0.2, -0.15) is 26.3 Å². The Morgan fingerprint density at radius 2 is 1.48 bits per heavy atom. The van der Waals surface area contributed by atoms with E-state index in [2.05, 4.69) is 17.2 Å². The molecule has 1 amide bonds. The third-order valence-electron chi connectivity index (χ3n) is 3.28. The topological polar surface area (TPSA) is 29.1 Å². The predicted molar refractivity (Wildman–Crippen MR) is 82.1 cm³/mol. The summed E-state index contributed by atoms with van der Waals surface area (Å²) in [6.07, 6.45) is -10.1. The van der Waals surface area contributed by atoms with Crippen molar-refractivity contribution < 1.29 is 35.5 Å². The van der Waals surface area contributed by atoms with E-state index < -0.39 is 47.3 Å². The fraction of sp³-hybridized carbons (Fsp3) is 0.167. The highest BCUT2D eigenvalue weighted by atomic mass is 19.4. The molecule has 0 heterocycles. The van der Waals surface area contributed by atoms with Crippen LogP contribution in [0, 0.1) is 17.7 Å². The molecule has 0 spiro atoms. The van der Waals surface area contributed by atoms with E-state index in [0.29, 0.717) is 12.1 Å². The van der Waals surface area contributed by atoms with Gasteiger partial charge in [0.1, 0.15) is 5.82 Å². The molecule has 0 fully saturated rings. The molecule has 0 atom stereocenters. The number of hydrogen-bond acceptors (Lipinski definition) is 1. The molecule has 2 aromatic rings. The van der Waals surface area contributed by atoms with Crippen molar-refractivity contribution >= 4 is 5.91 Å². The summed E-state index contributed by atoms with van der Waals surface area (Å²) >= 11 is 0. The standard InChI is InChI=1S/C18H10F7NO/c19-15-6-2-1-4-11(15)5-3-7-26-16(27)12-8-13(17(20,21)22)10-14(9-12)18(23,24)25/h1-2,4,6,8-10H,7H2,(H,26,27). The number of carbonyl (C=O) groups is 1. The predicted octanol–water partition coefficient (Wildman–Crippen LogP) is 4.64. The van der Waals surface area contributed by atoms with E-state index in [1.54, 1.807) is 0 Å². The molecule has 1 N–H and O–H groups in total. The Labute approximate surface area is 149 Å². The van der Waals surface area contributed by atoms with Gasteiger partial charge in [-0.3, -0.25) is 4.79 Å². The largest absolute Gasteiger partial charge is 0.416 e. The lowest BCUT2D eigenvalue weighted by Gasteiger charge is -2.13. The van der Waals surface area contributed by atoms with Crippen molar-refractivity contribution in [1.82, 2.24) is 5.32 Å². The molecule has 0 bridgehead atoms. The van der Waals surface area contributed by atoms with Crippen LogP contribution < -0.4 is 5.32 Å². The number of hydrogen-bond donors (Lipinski definition) is 1. The van der Waals surface area contributed by atoms with E-state index in [-0.39, 0.29) is 11.6 Å². The van der Waals surface area contributed by atoms with Crippen molar-refractivity contribution in [3.8, 4) is 11.8 Å². The Morgan fingerprint density at radius 3 is 2.00 bits per heavy atom. The van der Waals surface area contributed by atoms with E-state index in [9.17, 15) is 35.5 Å². The van der Waals surface area contributed by atoms with Crippen LogP contribution in [0.15, 0.2) is 42.5 Å². The Kier molecular flexibility index (Phi) is 5.78. The van der Waals surface area contributed by atoms with Gasteiger partial charge in [-0.25, -0.2) is 4.39 Å². The molecule has 9 heteroatoms. The third kappa shape index (κ3) is 5.48. The van der Waals surface area contributed by atoms with Gasteiger partial charge in [0.2, 0.25) is 0 Å². The highest BCUT2D eigenvalue weighted by Gasteiger charge is 2.37. The lowest BCUT2D eigenvalue weighted by atomic mass is 10.0. The number of halogens is 7. The molecular weight excluding hydrogens is 379 g/mol. The van der Waals surface area contributed by atoms with Crippen LogP contribution in [0.5, 0.6) is 0 Å². The van der Waals surface area contributed by atoms with Crippen LogP contribution >= 0.6 is 0 Å². The second-order valence-corrected chi connectivity index (χ2v) is 5.26. The first-order chi connectivity index (χ1) is 12.5. The summed E-state index contributed by atoms with van der Waals surface area (Å²) in [7, 11) is 0. The molecule has 0 aliphatic heterocycles. The zero-order valence-corrected chi connectivity index (χ0v) is 13.3. The van der Waals surface area contributed by atoms with Crippen LogP contribution in [-0.2, 0) is 12.4 Å². The smallest absolute Gasteiger partial charge is 0.341 e. The van der Waals surface area contributed by atoms with Crippen LogP contribution in [-0.4, -0.2) is 12.5 Å². The zero-order valence-electron chi connectivity index (χ0n) is 13.3. The van der Waals surface area contributed by atoms with E-state index in [0.717, 1.165) is 6.07 Å². The first kappa shape index (κ1) is 20.3. The fourth-order valence-corrected chi connectivity index (χ4v) is 2.01. The molecule has 2 nitrogen and oxygen atoms in total. The lowest BCUT2D eigenvalue weighted by molar-refractivity contribution is -0.143. The Hall–Kier alpha value is -3.02. The van der Waals surface area contributed by atoms with Gasteiger partial charge >= 0.3 is 12.4 Å². The van der Waals surface area contributed by atoms with Gasteiger partial charge in [0.15, 0.2) is 0 Å². The van der Waals surface area contributed by atoms with E-state index >= 15 is 0 Å². The third-order valence-corrected chi connectivity index (χ3v) is 3.28. The molecule has 0 aromatic heterocycles. The van der Waals surface area contributed by atoms with Gasteiger partial charge in [0.25, 0.3) is 5.91 Å². The summed E-state index contributed by atoms with van der Waals surface area (Å²) in [5.41, 5.74) is -3.98. The van der Waals surface area contributed by atoms with E-state index in [1.165, 1.54) is 18.2 Å². The van der Waals surface area contributed by atoms with E-state index in [4.69, 9.17) is 0 Å². The molecular formula is C18H10F7NO. The van der Waals surface area contributed by atoms with Gasteiger partial charge in [-0.05, 0) is 30.3 Å². The maximum atomic E-state index is 13.3. The van der Waals surface area contributed by atoms with Gasteiger partial charge in [-0.15, -0.1) is 0 Å². The average Bonchev–Trinajstić information content (AvgIpc) is 2.58. The van der Waals surface area contributed by atoms with E-state index in [1.807, 2.05) is 0 Å². The van der Waals surface area contributed by atoms with Crippen LogP contribution in [0.1, 0.15) is 27.0 Å². The molecule has 0 aliphatic rings. The van der Waals surface area contributed by atoms with Crippen molar-refractivity contribution in [3.63, 3.8) is 0 Å². The number of nitrogens with one attached hydrogen (secondary N) is 1. The Bertz CT molecular complexity index is 872. The fourth-order valence-electron chi connectivity index (χ4n) is 2.01. The van der Waals surface area contributed by atoms with Gasteiger partial charge < -0.3 is 5.32 Å². The number of benzene rings is 2. The van der Waals surface area contributed by atoms with Crippen molar-refractivity contribution in [3.05, 3.63) is 70.5 Å². The molecule has 0 unspecified atom stereocenters. The summed E-state index contributed by atoms with van der Waals surface area (Å²) in [6, 6.07) is 6.04. The number of carbonyl (C=O) groups excluding carboxylic acids is 1. The Morgan fingerprint density at radius 1 is 0.926 bits per heavy atom. The lowest BCUT2D eigenvalue weighted by Crippen LogP contribution is -2.25. The minimum Gasteiger partial charge on any atom is -0.341 e. The summed E-state index contributed by atoms with van der Waals surface area (Å²) in [4.78, 5) is 11.9. The first-order valence-electron chi connectivity index (χ1n) is 7.29. The van der Waals surface area contributed by atoms with Gasteiger partial charge in [0.05, 0.1) is 23.2 Å². The van der Waals surface area contributed by atoms with Crippen LogP contribution in [0.3, 0.4) is 0 Å². The normalized spacial score (nSPS) is 11.5. The monoisotopic (exact) mass is 389 g/mol. The van der Waals surface area contributed by atoms with Gasteiger partial charge in [0, 0.05) is 5.56 Å². The highest BCUT2D eigenvalue weighted by molar-refractivity contribution is 5.94.